The topological polar surface area (TPSA) is 48.0 Å². The van der Waals surface area contributed by atoms with Crippen LogP contribution in [0, 0.1) is 0 Å². The van der Waals surface area contributed by atoms with Crippen molar-refractivity contribution in [1.82, 2.24) is 4.90 Å². The second-order valence-electron chi connectivity index (χ2n) is 15.2. The molecule has 6 nitrogen and oxygen atoms in total. The van der Waals surface area contributed by atoms with Crippen LogP contribution in [-0.2, 0) is 19.0 Å². The van der Waals surface area contributed by atoms with E-state index in [-0.39, 0.29) is 0 Å². The Morgan fingerprint density at radius 3 is 1.33 bits per heavy atom. The highest BCUT2D eigenvalue weighted by atomic mass is 16.5. The lowest BCUT2D eigenvalue weighted by molar-refractivity contribution is -0.929. The Morgan fingerprint density at radius 1 is 0.510 bits per heavy atom. The minimum absolute atomic E-state index is 0.338. The van der Waals surface area contributed by atoms with Gasteiger partial charge in [-0.15, -0.1) is 0 Å². The third-order valence-corrected chi connectivity index (χ3v) is 10.5. The van der Waals surface area contributed by atoms with Crippen molar-refractivity contribution in [2.75, 3.05) is 59.1 Å². The highest BCUT2D eigenvalue weighted by Crippen LogP contribution is 2.15. The molecule has 1 heterocycles. The molecule has 0 aromatic carbocycles. The Labute approximate surface area is 317 Å². The molecular weight excluding hydrogens is 633 g/mol. The molecule has 51 heavy (non-hydrogen) atoms. The molecule has 0 radical (unpaired) electrons. The first kappa shape index (κ1) is 47.1. The van der Waals surface area contributed by atoms with Crippen molar-refractivity contribution in [1.29, 1.82) is 0 Å². The number of allylic oxidation sites excluding steroid dienone is 3. The summed E-state index contributed by atoms with van der Waals surface area (Å²) < 4.78 is 19.2. The molecule has 1 aliphatic heterocycles. The number of likely N-dealkylation sites (tertiary alicyclic amines) is 1. The average Bonchev–Trinajstić information content (AvgIpc) is 3.14. The summed E-state index contributed by atoms with van der Waals surface area (Å²) in [6, 6.07) is 0. The van der Waals surface area contributed by atoms with E-state index in [1.807, 2.05) is 18.8 Å². The highest BCUT2D eigenvalue weighted by molar-refractivity contribution is 5.76. The van der Waals surface area contributed by atoms with Crippen LogP contribution in [0.3, 0.4) is 0 Å². The zero-order valence-corrected chi connectivity index (χ0v) is 34.2. The lowest BCUT2D eigenvalue weighted by Crippen LogP contribution is -2.54. The molecule has 0 atom stereocenters. The number of nitrogens with zero attached hydrogens (tertiary/aromatic N) is 2. The molecule has 1 rings (SSSR count). The summed E-state index contributed by atoms with van der Waals surface area (Å²) in [6.45, 7) is 14.5. The summed E-state index contributed by atoms with van der Waals surface area (Å²) in [5, 5.41) is 0. The van der Waals surface area contributed by atoms with Crippen LogP contribution in [0.5, 0.6) is 0 Å². The lowest BCUT2D eigenvalue weighted by Gasteiger charge is -2.38. The largest absolute Gasteiger partial charge is 0.496 e. The maximum Gasteiger partial charge on any atom is 0.222 e. The molecule has 1 amide bonds. The highest BCUT2D eigenvalue weighted by Gasteiger charge is 2.27. The minimum Gasteiger partial charge on any atom is -0.496 e. The van der Waals surface area contributed by atoms with Gasteiger partial charge in [0.15, 0.2) is 0 Å². The van der Waals surface area contributed by atoms with Crippen LogP contribution in [0.15, 0.2) is 37.0 Å². The maximum absolute atomic E-state index is 12.4. The van der Waals surface area contributed by atoms with Crippen molar-refractivity contribution in [2.45, 2.75) is 188 Å². The zero-order chi connectivity index (χ0) is 36.8. The van der Waals surface area contributed by atoms with Gasteiger partial charge in [0.05, 0.1) is 25.3 Å². The van der Waals surface area contributed by atoms with Crippen molar-refractivity contribution >= 4 is 5.91 Å². The van der Waals surface area contributed by atoms with E-state index in [0.29, 0.717) is 25.7 Å². The number of carbonyl (C=O) groups is 1. The molecule has 1 saturated heterocycles. The smallest absolute Gasteiger partial charge is 0.222 e. The SMILES string of the molecule is CCCCCCCCC=COCC[N+](CCCCN1CCCCC1=O)(CCOC=CCCCCCCCC)CCOC=CCCCCCCCC. The first-order chi connectivity index (χ1) is 25.2. The monoisotopic (exact) mass is 718 g/mol. The van der Waals surface area contributed by atoms with Gasteiger partial charge in [0.1, 0.15) is 39.5 Å². The number of quaternary nitrogens is 1. The van der Waals surface area contributed by atoms with Crippen LogP contribution in [0.25, 0.3) is 0 Å². The van der Waals surface area contributed by atoms with Crippen LogP contribution in [-0.4, -0.2) is 74.4 Å². The second kappa shape index (κ2) is 36.4. The Hall–Kier alpha value is -1.95. The van der Waals surface area contributed by atoms with Crippen molar-refractivity contribution in [3.05, 3.63) is 37.0 Å². The molecule has 298 valence electrons. The fourth-order valence-electron chi connectivity index (χ4n) is 7.00. The van der Waals surface area contributed by atoms with Gasteiger partial charge >= 0.3 is 0 Å². The van der Waals surface area contributed by atoms with Gasteiger partial charge < -0.3 is 23.6 Å². The molecule has 0 aliphatic carbocycles. The number of carbonyl (C=O) groups excluding carboxylic acids is 1. The van der Waals surface area contributed by atoms with E-state index in [9.17, 15) is 4.79 Å². The average molecular weight is 718 g/mol. The van der Waals surface area contributed by atoms with Gasteiger partial charge in [0.2, 0.25) is 5.91 Å². The fraction of sp³-hybridized carbons (Fsp3) is 0.844. The Morgan fingerprint density at radius 2 is 0.922 bits per heavy atom. The lowest BCUT2D eigenvalue weighted by atomic mass is 10.1. The van der Waals surface area contributed by atoms with E-state index in [0.717, 1.165) is 95.1 Å². The van der Waals surface area contributed by atoms with Crippen LogP contribution in [0.1, 0.15) is 188 Å². The fourth-order valence-corrected chi connectivity index (χ4v) is 7.00. The maximum atomic E-state index is 12.4. The summed E-state index contributed by atoms with van der Waals surface area (Å²) in [7, 11) is 0. The molecule has 0 aromatic heterocycles. The van der Waals surface area contributed by atoms with Gasteiger partial charge in [0, 0.05) is 19.5 Å². The Balaban J connectivity index is 2.72. The summed E-state index contributed by atoms with van der Waals surface area (Å²) in [5.41, 5.74) is 0. The third-order valence-electron chi connectivity index (χ3n) is 10.5. The van der Waals surface area contributed by atoms with E-state index in [4.69, 9.17) is 14.2 Å². The number of rotatable bonds is 38. The summed E-state index contributed by atoms with van der Waals surface area (Å²) in [4.78, 5) is 14.5. The van der Waals surface area contributed by atoms with Crippen LogP contribution in [0.2, 0.25) is 0 Å². The summed E-state index contributed by atoms with van der Waals surface area (Å²) >= 11 is 0. The third kappa shape index (κ3) is 29.2. The summed E-state index contributed by atoms with van der Waals surface area (Å²) in [5.74, 6) is 0.338. The van der Waals surface area contributed by atoms with E-state index < -0.39 is 0 Å². The van der Waals surface area contributed by atoms with E-state index >= 15 is 0 Å². The van der Waals surface area contributed by atoms with E-state index in [1.165, 1.54) is 116 Å². The Bertz CT molecular complexity index is 763. The Kier molecular flexibility index (Phi) is 33.6. The normalized spacial score (nSPS) is 15.0. The molecule has 0 aromatic rings. The molecule has 1 fully saturated rings. The predicted octanol–water partition coefficient (Wildman–Crippen LogP) is 12.4. The molecule has 0 bridgehead atoms. The standard InChI is InChI=1S/C45H85N2O4/c1-4-7-10-13-16-19-22-29-39-49-42-36-47(35-28-27-34-46-33-26-25-32-45(46)48,37-43-50-40-30-23-20-17-14-11-8-5-2)38-44-51-41-31-24-21-18-15-12-9-6-3/h29-31,39-41H,4-28,32-38,42-44H2,1-3H3/q+1. The van der Waals surface area contributed by atoms with Gasteiger partial charge in [-0.25, -0.2) is 0 Å². The molecule has 0 saturated carbocycles. The number of hydrogen-bond acceptors (Lipinski definition) is 4. The minimum atomic E-state index is 0.338. The van der Waals surface area contributed by atoms with Gasteiger partial charge in [-0.05, 0) is 82.4 Å². The number of unbranched alkanes of at least 4 members (excludes halogenated alkanes) is 19. The van der Waals surface area contributed by atoms with E-state index in [2.05, 4.69) is 43.9 Å². The summed E-state index contributed by atoms with van der Waals surface area (Å²) in [6.07, 6.45) is 44.5. The van der Waals surface area contributed by atoms with Gasteiger partial charge in [-0.3, -0.25) is 4.79 Å². The molecule has 0 spiro atoms. The van der Waals surface area contributed by atoms with Crippen molar-refractivity contribution in [2.24, 2.45) is 0 Å². The number of piperidine rings is 1. The second-order valence-corrected chi connectivity index (χ2v) is 15.2. The van der Waals surface area contributed by atoms with Crippen molar-refractivity contribution in [3.8, 4) is 0 Å². The quantitative estimate of drug-likeness (QED) is 0.0362. The molecule has 0 unspecified atom stereocenters. The molecule has 0 N–H and O–H groups in total. The zero-order valence-electron chi connectivity index (χ0n) is 34.2. The molecular formula is C45H85N2O4+. The van der Waals surface area contributed by atoms with Crippen LogP contribution in [0.4, 0.5) is 0 Å². The number of ether oxygens (including phenoxy) is 3. The van der Waals surface area contributed by atoms with E-state index in [1.54, 1.807) is 0 Å². The van der Waals surface area contributed by atoms with Crippen LogP contribution >= 0.6 is 0 Å². The number of hydrogen-bond donors (Lipinski definition) is 0. The molecule has 1 aliphatic rings. The first-order valence-electron chi connectivity index (χ1n) is 22.1. The number of amides is 1. The van der Waals surface area contributed by atoms with Gasteiger partial charge in [0.25, 0.3) is 0 Å². The van der Waals surface area contributed by atoms with Crippen LogP contribution < -0.4 is 0 Å². The predicted molar refractivity (Wildman–Crippen MR) is 219 cm³/mol. The first-order valence-corrected chi connectivity index (χ1v) is 22.1. The van der Waals surface area contributed by atoms with Gasteiger partial charge in [-0.1, -0.05) is 117 Å². The van der Waals surface area contributed by atoms with Crippen molar-refractivity contribution < 1.29 is 23.5 Å². The van der Waals surface area contributed by atoms with Crippen molar-refractivity contribution in [3.63, 3.8) is 0 Å². The molecule has 6 heteroatoms. The van der Waals surface area contributed by atoms with Gasteiger partial charge in [-0.2, -0.15) is 0 Å².